The molecule has 0 atom stereocenters. The highest BCUT2D eigenvalue weighted by atomic mass is 32.1. The summed E-state index contributed by atoms with van der Waals surface area (Å²) in [5, 5.41) is 3.05. The molecule has 1 aliphatic heterocycles. The molecular weight excluding hydrogens is 278 g/mol. The quantitative estimate of drug-likeness (QED) is 0.778. The number of carbonyl (C=O) groups excluding carboxylic acids is 2. The summed E-state index contributed by atoms with van der Waals surface area (Å²) in [6.45, 7) is 4.91. The molecule has 0 unspecified atom stereocenters. The van der Waals surface area contributed by atoms with Gasteiger partial charge in [0.05, 0.1) is 19.2 Å². The Morgan fingerprint density at radius 3 is 2.55 bits per heavy atom. The Morgan fingerprint density at radius 2 is 2.00 bits per heavy atom. The summed E-state index contributed by atoms with van der Waals surface area (Å²) in [6, 6.07) is 0. The van der Waals surface area contributed by atoms with Crippen molar-refractivity contribution in [3.63, 3.8) is 0 Å². The lowest BCUT2D eigenvalue weighted by Gasteiger charge is -2.34. The molecule has 1 fully saturated rings. The molecule has 0 aromatic carbocycles. The number of carbonyl (C=O) groups is 2. The maximum atomic E-state index is 12.0. The molecule has 1 aromatic heterocycles. The molecule has 0 radical (unpaired) electrons. The number of piperazine rings is 1. The third kappa shape index (κ3) is 3.69. The molecule has 0 saturated carbocycles. The fraction of sp³-hybridized carbons (Fsp3) is 0.615. The van der Waals surface area contributed by atoms with Crippen molar-refractivity contribution in [3.05, 3.63) is 11.1 Å². The summed E-state index contributed by atoms with van der Waals surface area (Å²) in [7, 11) is 1.33. The first-order chi connectivity index (χ1) is 9.60. The zero-order valence-corrected chi connectivity index (χ0v) is 12.6. The van der Waals surface area contributed by atoms with Crippen LogP contribution in [0.4, 0.5) is 5.13 Å². The predicted octanol–water partition coefficient (Wildman–Crippen LogP) is 1.05. The van der Waals surface area contributed by atoms with Crippen LogP contribution >= 0.6 is 11.3 Å². The van der Waals surface area contributed by atoms with E-state index >= 15 is 0 Å². The second-order valence-electron chi connectivity index (χ2n) is 4.72. The van der Waals surface area contributed by atoms with Gasteiger partial charge in [0, 0.05) is 38.0 Å². The molecule has 7 heteroatoms. The monoisotopic (exact) mass is 297 g/mol. The van der Waals surface area contributed by atoms with Gasteiger partial charge in [-0.1, -0.05) is 0 Å². The van der Waals surface area contributed by atoms with Gasteiger partial charge in [-0.25, -0.2) is 4.98 Å². The van der Waals surface area contributed by atoms with Gasteiger partial charge >= 0.3 is 5.97 Å². The van der Waals surface area contributed by atoms with Gasteiger partial charge in [-0.15, -0.1) is 11.3 Å². The van der Waals surface area contributed by atoms with Gasteiger partial charge in [0.1, 0.15) is 0 Å². The number of aromatic nitrogens is 1. The summed E-state index contributed by atoms with van der Waals surface area (Å²) in [5.41, 5.74) is 1.03. The highest BCUT2D eigenvalue weighted by Crippen LogP contribution is 2.21. The van der Waals surface area contributed by atoms with Crippen molar-refractivity contribution < 1.29 is 14.3 Å². The topological polar surface area (TPSA) is 62.7 Å². The first-order valence-corrected chi connectivity index (χ1v) is 7.50. The molecule has 0 bridgehead atoms. The molecule has 0 aliphatic carbocycles. The van der Waals surface area contributed by atoms with Crippen LogP contribution < -0.4 is 4.90 Å². The number of hydrogen-bond acceptors (Lipinski definition) is 6. The second kappa shape index (κ2) is 6.69. The molecule has 110 valence electrons. The molecule has 1 saturated heterocycles. The lowest BCUT2D eigenvalue weighted by molar-refractivity contribution is -0.143. The van der Waals surface area contributed by atoms with E-state index in [9.17, 15) is 9.59 Å². The lowest BCUT2D eigenvalue weighted by atomic mass is 10.2. The van der Waals surface area contributed by atoms with Gasteiger partial charge in [0.15, 0.2) is 5.13 Å². The van der Waals surface area contributed by atoms with E-state index in [0.717, 1.165) is 23.9 Å². The maximum Gasteiger partial charge on any atom is 0.306 e. The molecule has 1 amide bonds. The molecular formula is C13H19N3O3S. The largest absolute Gasteiger partial charge is 0.469 e. The summed E-state index contributed by atoms with van der Waals surface area (Å²) < 4.78 is 4.54. The van der Waals surface area contributed by atoms with E-state index in [0.29, 0.717) is 13.1 Å². The number of thiazole rings is 1. The van der Waals surface area contributed by atoms with Gasteiger partial charge in [-0.3, -0.25) is 9.59 Å². The smallest absolute Gasteiger partial charge is 0.306 e. The average molecular weight is 297 g/mol. The van der Waals surface area contributed by atoms with Crippen molar-refractivity contribution >= 4 is 28.3 Å². The Labute approximate surface area is 122 Å². The van der Waals surface area contributed by atoms with Crippen LogP contribution in [0.1, 0.15) is 18.5 Å². The Kier molecular flexibility index (Phi) is 4.94. The number of aryl methyl sites for hydroxylation is 1. The van der Waals surface area contributed by atoms with Gasteiger partial charge < -0.3 is 14.5 Å². The number of ether oxygens (including phenoxy) is 1. The van der Waals surface area contributed by atoms with Crippen molar-refractivity contribution in [2.75, 3.05) is 38.2 Å². The summed E-state index contributed by atoms with van der Waals surface area (Å²) in [5.74, 6) is -0.319. The Morgan fingerprint density at radius 1 is 1.30 bits per heavy atom. The zero-order valence-electron chi connectivity index (χ0n) is 11.8. The number of hydrogen-bond donors (Lipinski definition) is 0. The minimum Gasteiger partial charge on any atom is -0.469 e. The summed E-state index contributed by atoms with van der Waals surface area (Å²) in [6.07, 6.45) is 0.379. The fourth-order valence-corrected chi connectivity index (χ4v) is 2.96. The third-order valence-electron chi connectivity index (χ3n) is 3.28. The van der Waals surface area contributed by atoms with E-state index in [4.69, 9.17) is 0 Å². The number of anilines is 1. The van der Waals surface area contributed by atoms with Gasteiger partial charge in [0.2, 0.25) is 5.91 Å². The molecule has 6 nitrogen and oxygen atoms in total. The standard InChI is InChI=1S/C13H19N3O3S/c1-10-9-20-13(14-10)16-7-5-15(6-8-16)11(17)3-4-12(18)19-2/h9H,3-8H2,1-2H3. The zero-order chi connectivity index (χ0) is 14.5. The molecule has 20 heavy (non-hydrogen) atoms. The number of nitrogens with zero attached hydrogens (tertiary/aromatic N) is 3. The van der Waals surface area contributed by atoms with E-state index < -0.39 is 0 Å². The predicted molar refractivity (Wildman–Crippen MR) is 76.9 cm³/mol. The van der Waals surface area contributed by atoms with Crippen LogP contribution in [0.15, 0.2) is 5.38 Å². The minimum atomic E-state index is -0.338. The number of esters is 1. The van der Waals surface area contributed by atoms with Crippen molar-refractivity contribution in [1.82, 2.24) is 9.88 Å². The van der Waals surface area contributed by atoms with Crippen molar-refractivity contribution in [2.45, 2.75) is 19.8 Å². The SMILES string of the molecule is COC(=O)CCC(=O)N1CCN(c2nc(C)cs2)CC1. The van der Waals surface area contributed by atoms with E-state index in [2.05, 4.69) is 14.6 Å². The van der Waals surface area contributed by atoms with E-state index in [1.807, 2.05) is 12.3 Å². The van der Waals surface area contributed by atoms with Crippen LogP contribution in [-0.2, 0) is 14.3 Å². The summed E-state index contributed by atoms with van der Waals surface area (Å²) >= 11 is 1.63. The van der Waals surface area contributed by atoms with Crippen LogP contribution in [0.2, 0.25) is 0 Å². The van der Waals surface area contributed by atoms with Crippen LogP contribution in [0, 0.1) is 6.92 Å². The first kappa shape index (κ1) is 14.8. The van der Waals surface area contributed by atoms with Gasteiger partial charge in [-0.05, 0) is 6.92 Å². The van der Waals surface area contributed by atoms with Gasteiger partial charge in [-0.2, -0.15) is 0 Å². The Bertz CT molecular complexity index is 481. The molecule has 0 N–H and O–H groups in total. The first-order valence-electron chi connectivity index (χ1n) is 6.62. The van der Waals surface area contributed by atoms with Crippen LogP contribution in [0.5, 0.6) is 0 Å². The number of rotatable bonds is 4. The van der Waals surface area contributed by atoms with Gasteiger partial charge in [0.25, 0.3) is 0 Å². The van der Waals surface area contributed by atoms with Crippen molar-refractivity contribution in [3.8, 4) is 0 Å². The highest BCUT2D eigenvalue weighted by Gasteiger charge is 2.22. The van der Waals surface area contributed by atoms with Crippen LogP contribution in [0.3, 0.4) is 0 Å². The molecule has 1 aromatic rings. The van der Waals surface area contributed by atoms with Crippen LogP contribution in [-0.4, -0.2) is 55.0 Å². The Balaban J connectivity index is 1.79. The van der Waals surface area contributed by atoms with Crippen molar-refractivity contribution in [1.29, 1.82) is 0 Å². The second-order valence-corrected chi connectivity index (χ2v) is 5.55. The van der Waals surface area contributed by atoms with Crippen molar-refractivity contribution in [2.24, 2.45) is 0 Å². The lowest BCUT2D eigenvalue weighted by Crippen LogP contribution is -2.48. The highest BCUT2D eigenvalue weighted by molar-refractivity contribution is 7.13. The van der Waals surface area contributed by atoms with Crippen LogP contribution in [0.25, 0.3) is 0 Å². The molecule has 2 heterocycles. The Hall–Kier alpha value is -1.63. The summed E-state index contributed by atoms with van der Waals surface area (Å²) in [4.78, 5) is 31.4. The average Bonchev–Trinajstić information content (AvgIpc) is 2.91. The van der Waals surface area contributed by atoms with E-state index in [1.54, 1.807) is 16.2 Å². The normalized spacial score (nSPS) is 15.3. The maximum absolute atomic E-state index is 12.0. The molecule has 1 aliphatic rings. The molecule has 0 spiro atoms. The minimum absolute atomic E-state index is 0.0189. The third-order valence-corrected chi connectivity index (χ3v) is 4.30. The van der Waals surface area contributed by atoms with E-state index in [1.165, 1.54) is 7.11 Å². The number of methoxy groups -OCH3 is 1. The fourth-order valence-electron chi connectivity index (χ4n) is 2.10. The molecule has 2 rings (SSSR count). The number of amides is 1. The van der Waals surface area contributed by atoms with E-state index in [-0.39, 0.29) is 24.7 Å².